The van der Waals surface area contributed by atoms with Crippen LogP contribution < -0.4 is 0 Å². The molecule has 76 valence electrons. The maximum absolute atomic E-state index is 9.96. The third-order valence-electron chi connectivity index (χ3n) is 3.57. The highest BCUT2D eigenvalue weighted by molar-refractivity contribution is 4.98. The Bertz CT molecular complexity index is 186. The molecule has 0 saturated heterocycles. The van der Waals surface area contributed by atoms with Crippen LogP contribution in [-0.4, -0.2) is 11.2 Å². The number of aliphatic hydroxyl groups is 1. The van der Waals surface area contributed by atoms with Gasteiger partial charge in [0.05, 0.1) is 6.10 Å². The van der Waals surface area contributed by atoms with Crippen molar-refractivity contribution >= 4 is 0 Å². The van der Waals surface area contributed by atoms with Gasteiger partial charge in [-0.15, -0.1) is 6.58 Å². The van der Waals surface area contributed by atoms with E-state index >= 15 is 0 Å². The van der Waals surface area contributed by atoms with Gasteiger partial charge in [0.25, 0.3) is 0 Å². The second-order valence-corrected chi connectivity index (χ2v) is 5.08. The van der Waals surface area contributed by atoms with Gasteiger partial charge in [0.2, 0.25) is 0 Å². The van der Waals surface area contributed by atoms with E-state index in [2.05, 4.69) is 27.4 Å². The molecule has 1 rings (SSSR count). The first-order valence-electron chi connectivity index (χ1n) is 5.30. The molecule has 1 aliphatic rings. The Balaban J connectivity index is 2.61. The van der Waals surface area contributed by atoms with E-state index in [1.165, 1.54) is 6.42 Å². The van der Waals surface area contributed by atoms with Crippen LogP contribution in [0.25, 0.3) is 0 Å². The highest BCUT2D eigenvalue weighted by Crippen LogP contribution is 2.41. The van der Waals surface area contributed by atoms with E-state index < -0.39 is 0 Å². The van der Waals surface area contributed by atoms with Crippen molar-refractivity contribution in [2.24, 2.45) is 17.3 Å². The quantitative estimate of drug-likeness (QED) is 0.651. The molecule has 0 aromatic carbocycles. The van der Waals surface area contributed by atoms with Gasteiger partial charge < -0.3 is 5.11 Å². The van der Waals surface area contributed by atoms with Gasteiger partial charge >= 0.3 is 0 Å². The van der Waals surface area contributed by atoms with Gasteiger partial charge in [0.1, 0.15) is 0 Å². The summed E-state index contributed by atoms with van der Waals surface area (Å²) in [4.78, 5) is 0. The van der Waals surface area contributed by atoms with Gasteiger partial charge in [-0.3, -0.25) is 0 Å². The van der Waals surface area contributed by atoms with Gasteiger partial charge in [-0.05, 0) is 36.5 Å². The van der Waals surface area contributed by atoms with Crippen LogP contribution in [0.3, 0.4) is 0 Å². The van der Waals surface area contributed by atoms with Crippen molar-refractivity contribution in [3.05, 3.63) is 12.7 Å². The Labute approximate surface area is 81.9 Å². The maximum Gasteiger partial charge on any atom is 0.0579 e. The molecule has 0 radical (unpaired) electrons. The van der Waals surface area contributed by atoms with E-state index in [0.717, 1.165) is 12.8 Å². The number of aliphatic hydroxyl groups excluding tert-OH is 1. The zero-order valence-corrected chi connectivity index (χ0v) is 9.09. The van der Waals surface area contributed by atoms with Crippen LogP contribution in [-0.2, 0) is 0 Å². The first kappa shape index (κ1) is 10.8. The number of hydrogen-bond acceptors (Lipinski definition) is 1. The van der Waals surface area contributed by atoms with Crippen molar-refractivity contribution in [2.45, 2.75) is 46.1 Å². The minimum Gasteiger partial charge on any atom is -0.393 e. The summed E-state index contributed by atoms with van der Waals surface area (Å²) in [5.41, 5.74) is 0.171. The number of rotatable bonds is 2. The van der Waals surface area contributed by atoms with Crippen LogP contribution in [0.4, 0.5) is 0 Å². The normalized spacial score (nSPS) is 40.7. The molecule has 1 heteroatoms. The lowest BCUT2D eigenvalue weighted by Gasteiger charge is -2.40. The van der Waals surface area contributed by atoms with Crippen molar-refractivity contribution in [1.82, 2.24) is 0 Å². The first-order valence-corrected chi connectivity index (χ1v) is 5.30. The molecule has 0 bridgehead atoms. The molecule has 0 amide bonds. The molecule has 1 aliphatic carbocycles. The molecule has 0 heterocycles. The highest BCUT2D eigenvalue weighted by Gasteiger charge is 2.35. The van der Waals surface area contributed by atoms with E-state index in [0.29, 0.717) is 11.8 Å². The topological polar surface area (TPSA) is 20.2 Å². The third kappa shape index (κ3) is 2.34. The smallest absolute Gasteiger partial charge is 0.0579 e. The van der Waals surface area contributed by atoms with Crippen LogP contribution in [0.15, 0.2) is 12.7 Å². The lowest BCUT2D eigenvalue weighted by atomic mass is 9.67. The monoisotopic (exact) mass is 182 g/mol. The summed E-state index contributed by atoms with van der Waals surface area (Å²) < 4.78 is 0. The molecule has 1 nitrogen and oxygen atoms in total. The largest absolute Gasteiger partial charge is 0.393 e. The predicted octanol–water partition coefficient (Wildman–Crippen LogP) is 3.00. The molecule has 0 spiro atoms. The Kier molecular flexibility index (Phi) is 3.18. The highest BCUT2D eigenvalue weighted by atomic mass is 16.3. The second kappa shape index (κ2) is 3.83. The minimum atomic E-state index is -0.128. The summed E-state index contributed by atoms with van der Waals surface area (Å²) in [6.07, 6.45) is 5.08. The molecule has 3 unspecified atom stereocenters. The summed E-state index contributed by atoms with van der Waals surface area (Å²) in [6, 6.07) is 0. The first-order chi connectivity index (χ1) is 5.98. The minimum absolute atomic E-state index is 0.128. The Hall–Kier alpha value is -0.300. The molecule has 1 fully saturated rings. The van der Waals surface area contributed by atoms with E-state index in [-0.39, 0.29) is 11.5 Å². The summed E-state index contributed by atoms with van der Waals surface area (Å²) in [5, 5.41) is 9.96. The summed E-state index contributed by atoms with van der Waals surface area (Å²) in [7, 11) is 0. The van der Waals surface area contributed by atoms with Crippen molar-refractivity contribution in [3.63, 3.8) is 0 Å². The van der Waals surface area contributed by atoms with Gasteiger partial charge in [-0.2, -0.15) is 0 Å². The number of hydrogen-bond donors (Lipinski definition) is 1. The van der Waals surface area contributed by atoms with Crippen LogP contribution in [0.5, 0.6) is 0 Å². The second-order valence-electron chi connectivity index (χ2n) is 5.08. The average Bonchev–Trinajstić information content (AvgIpc) is 2.03. The Morgan fingerprint density at radius 3 is 2.54 bits per heavy atom. The fraction of sp³-hybridized carbons (Fsp3) is 0.833. The van der Waals surface area contributed by atoms with Crippen LogP contribution in [0.1, 0.15) is 40.0 Å². The fourth-order valence-corrected chi connectivity index (χ4v) is 2.38. The zero-order valence-electron chi connectivity index (χ0n) is 9.09. The summed E-state index contributed by atoms with van der Waals surface area (Å²) in [6.45, 7) is 10.4. The molecule has 3 atom stereocenters. The van der Waals surface area contributed by atoms with E-state index in [1.54, 1.807) is 0 Å². The van der Waals surface area contributed by atoms with Crippen LogP contribution in [0.2, 0.25) is 0 Å². The lowest BCUT2D eigenvalue weighted by molar-refractivity contribution is 0.00626. The van der Waals surface area contributed by atoms with Gasteiger partial charge in [0.15, 0.2) is 0 Å². The third-order valence-corrected chi connectivity index (χ3v) is 3.57. The van der Waals surface area contributed by atoms with Gasteiger partial charge in [0, 0.05) is 0 Å². The van der Waals surface area contributed by atoms with Crippen molar-refractivity contribution in [3.8, 4) is 0 Å². The molecule has 0 aromatic rings. The molecular formula is C12H22O. The van der Waals surface area contributed by atoms with Crippen LogP contribution >= 0.6 is 0 Å². The zero-order chi connectivity index (χ0) is 10.1. The summed E-state index contributed by atoms with van der Waals surface area (Å²) >= 11 is 0. The van der Waals surface area contributed by atoms with Gasteiger partial charge in [-0.25, -0.2) is 0 Å². The maximum atomic E-state index is 9.96. The SMILES string of the molecule is C=CC1(C)CCC(C(C)C)C(O)C1. The lowest BCUT2D eigenvalue weighted by Crippen LogP contribution is -2.36. The Morgan fingerprint density at radius 2 is 2.15 bits per heavy atom. The Morgan fingerprint density at radius 1 is 1.54 bits per heavy atom. The van der Waals surface area contributed by atoms with E-state index in [9.17, 15) is 5.11 Å². The van der Waals surface area contributed by atoms with Gasteiger partial charge in [-0.1, -0.05) is 26.8 Å². The summed E-state index contributed by atoms with van der Waals surface area (Å²) in [5.74, 6) is 1.09. The van der Waals surface area contributed by atoms with E-state index in [1.807, 2.05) is 6.08 Å². The molecule has 0 aromatic heterocycles. The standard InChI is InChI=1S/C12H22O/c1-5-12(4)7-6-10(9(2)3)11(13)8-12/h5,9-11,13H,1,6-8H2,2-4H3. The van der Waals surface area contributed by atoms with Crippen molar-refractivity contribution < 1.29 is 5.11 Å². The predicted molar refractivity (Wildman–Crippen MR) is 56.5 cm³/mol. The average molecular weight is 182 g/mol. The van der Waals surface area contributed by atoms with E-state index in [4.69, 9.17) is 0 Å². The fourth-order valence-electron chi connectivity index (χ4n) is 2.38. The van der Waals surface area contributed by atoms with Crippen molar-refractivity contribution in [2.75, 3.05) is 0 Å². The molecule has 13 heavy (non-hydrogen) atoms. The molecule has 1 saturated carbocycles. The van der Waals surface area contributed by atoms with Crippen LogP contribution in [0, 0.1) is 17.3 Å². The molecule has 1 N–H and O–H groups in total. The number of allylic oxidation sites excluding steroid dienone is 1. The molecular weight excluding hydrogens is 160 g/mol. The van der Waals surface area contributed by atoms with Crippen molar-refractivity contribution in [1.29, 1.82) is 0 Å². The molecule has 0 aliphatic heterocycles.